The summed E-state index contributed by atoms with van der Waals surface area (Å²) in [6, 6.07) is 10.5. The van der Waals surface area contributed by atoms with Gasteiger partial charge >= 0.3 is 13.3 Å². The number of rotatable bonds is 30. The average molecular weight is 667 g/mol. The van der Waals surface area contributed by atoms with Crippen molar-refractivity contribution in [1.82, 2.24) is 9.55 Å². The van der Waals surface area contributed by atoms with Gasteiger partial charge in [-0.15, -0.1) is 0 Å². The zero-order valence-corrected chi connectivity index (χ0v) is 29.0. The molecule has 262 valence electrons. The van der Waals surface area contributed by atoms with E-state index in [0.29, 0.717) is 6.61 Å². The van der Waals surface area contributed by atoms with E-state index in [1.165, 1.54) is 107 Å². The second-order valence-corrected chi connectivity index (χ2v) is 14.0. The minimum Gasteiger partial charge on any atom is -0.394 e. The smallest absolute Gasteiger partial charge is 0.356 e. The summed E-state index contributed by atoms with van der Waals surface area (Å²) in [7, 11) is -3.73. The molecule has 2 aromatic rings. The van der Waals surface area contributed by atoms with Crippen LogP contribution in [-0.2, 0) is 36.2 Å². The van der Waals surface area contributed by atoms with Crippen molar-refractivity contribution in [2.75, 3.05) is 32.8 Å². The number of hydrogen-bond donors (Lipinski definition) is 2. The molecule has 11 heteroatoms. The molecule has 1 heterocycles. The normalized spacial score (nSPS) is 13.5. The lowest BCUT2D eigenvalue weighted by atomic mass is 10.0. The van der Waals surface area contributed by atoms with Crippen molar-refractivity contribution in [3.05, 3.63) is 69.0 Å². The summed E-state index contributed by atoms with van der Waals surface area (Å²) in [6.07, 6.45) is 21.1. The number of aromatic amines is 1. The second-order valence-electron chi connectivity index (χ2n) is 12.0. The zero-order chi connectivity index (χ0) is 33.1. The van der Waals surface area contributed by atoms with E-state index >= 15 is 0 Å². The maximum absolute atomic E-state index is 13.5. The number of H-pyrrole nitrogens is 1. The van der Waals surface area contributed by atoms with Crippen LogP contribution in [0.2, 0.25) is 0 Å². The molecule has 46 heavy (non-hydrogen) atoms. The number of benzene rings is 1. The molecule has 0 aliphatic heterocycles. The first-order chi connectivity index (χ1) is 22.5. The maximum Gasteiger partial charge on any atom is 0.356 e. The topological polar surface area (TPSA) is 129 Å². The lowest BCUT2D eigenvalue weighted by Crippen LogP contribution is -2.34. The number of nitrogens with one attached hydrogen (secondary N) is 1. The monoisotopic (exact) mass is 666 g/mol. The molecule has 1 aromatic heterocycles. The number of nitrogens with zero attached hydrogens (tertiary/aromatic N) is 1. The van der Waals surface area contributed by atoms with Gasteiger partial charge in [0.05, 0.1) is 39.1 Å². The molecule has 0 bridgehead atoms. The van der Waals surface area contributed by atoms with Crippen LogP contribution in [0.4, 0.5) is 0 Å². The molecule has 2 atom stereocenters. The fraction of sp³-hybridized carbons (Fsp3) is 0.714. The van der Waals surface area contributed by atoms with Crippen LogP contribution in [0.3, 0.4) is 0 Å². The summed E-state index contributed by atoms with van der Waals surface area (Å²) in [6.45, 7) is 2.80. The van der Waals surface area contributed by atoms with Crippen LogP contribution >= 0.6 is 7.60 Å². The minimum atomic E-state index is -3.73. The molecule has 0 fully saturated rings. The van der Waals surface area contributed by atoms with Crippen LogP contribution in [-0.4, -0.2) is 53.5 Å². The molecule has 0 aliphatic rings. The summed E-state index contributed by atoms with van der Waals surface area (Å²) in [5, 5.41) is 9.78. The van der Waals surface area contributed by atoms with Gasteiger partial charge in [-0.3, -0.25) is 18.9 Å². The van der Waals surface area contributed by atoms with Gasteiger partial charge in [0.15, 0.2) is 0 Å². The van der Waals surface area contributed by atoms with E-state index in [1.54, 1.807) is 0 Å². The number of aliphatic hydroxyl groups is 1. The van der Waals surface area contributed by atoms with Gasteiger partial charge < -0.3 is 23.6 Å². The Bertz CT molecular complexity index is 1170. The zero-order valence-electron chi connectivity index (χ0n) is 28.1. The Morgan fingerprint density at radius 3 is 1.91 bits per heavy atom. The molecule has 0 saturated carbocycles. The van der Waals surface area contributed by atoms with E-state index in [1.807, 2.05) is 30.3 Å². The lowest BCUT2D eigenvalue weighted by molar-refractivity contribution is 0.0112. The Morgan fingerprint density at radius 2 is 1.35 bits per heavy atom. The summed E-state index contributed by atoms with van der Waals surface area (Å²) < 4.78 is 37.5. The lowest BCUT2D eigenvalue weighted by Gasteiger charge is -2.22. The number of hydrogen-bond acceptors (Lipinski definition) is 8. The van der Waals surface area contributed by atoms with E-state index in [-0.39, 0.29) is 26.4 Å². The molecule has 2 N–H and O–H groups in total. The predicted octanol–water partition coefficient (Wildman–Crippen LogP) is 7.58. The summed E-state index contributed by atoms with van der Waals surface area (Å²) in [4.78, 5) is 25.5. The van der Waals surface area contributed by atoms with Crippen molar-refractivity contribution in [3.63, 3.8) is 0 Å². The molecule has 10 nitrogen and oxygen atoms in total. The van der Waals surface area contributed by atoms with E-state index < -0.39 is 37.9 Å². The van der Waals surface area contributed by atoms with Gasteiger partial charge in [0.2, 0.25) is 0 Å². The number of aromatic nitrogens is 2. The van der Waals surface area contributed by atoms with Crippen molar-refractivity contribution in [3.8, 4) is 0 Å². The molecule has 0 aliphatic carbocycles. The van der Waals surface area contributed by atoms with E-state index in [2.05, 4.69) is 11.9 Å². The molecule has 1 aromatic carbocycles. The third-order valence-electron chi connectivity index (χ3n) is 7.90. The van der Waals surface area contributed by atoms with E-state index in [4.69, 9.17) is 18.5 Å². The SMILES string of the molecule is CCCCCCCCCCCCCCCCCCOCCOP(=O)(CO[C@H](CO)Cn1ccc(=O)[nH]c1=O)OCc1ccccc1. The molecule has 0 spiro atoms. The second kappa shape index (κ2) is 26.0. The number of unbranched alkanes of at least 4 members (excludes halogenated alkanes) is 15. The standard InChI is InChI=1S/C35H59N2O8P/c1-2-3-4-5-6-7-8-9-10-11-12-13-14-15-16-20-25-42-26-27-44-46(41,45-30-32-21-18-17-19-22-32)31-43-33(29-38)28-37-24-23-34(39)36-35(37)40/h17-19,21-24,33,38H,2-16,20,25-31H2,1H3,(H,36,39,40)/t33-,46?/m0/s1. The Balaban J connectivity index is 1.58. The first-order valence-electron chi connectivity index (χ1n) is 17.5. The Labute approximate surface area is 275 Å². The van der Waals surface area contributed by atoms with Crippen molar-refractivity contribution in [2.45, 2.75) is 129 Å². The van der Waals surface area contributed by atoms with Crippen molar-refractivity contribution in [2.24, 2.45) is 0 Å². The molecular formula is C35H59N2O8P. The van der Waals surface area contributed by atoms with Crippen LogP contribution < -0.4 is 11.2 Å². The highest BCUT2D eigenvalue weighted by atomic mass is 31.2. The predicted molar refractivity (Wildman–Crippen MR) is 183 cm³/mol. The van der Waals surface area contributed by atoms with E-state index in [9.17, 15) is 19.3 Å². The highest BCUT2D eigenvalue weighted by Crippen LogP contribution is 2.49. The van der Waals surface area contributed by atoms with Crippen LogP contribution in [0.5, 0.6) is 0 Å². The van der Waals surface area contributed by atoms with Gasteiger partial charge in [-0.2, -0.15) is 0 Å². The number of ether oxygens (including phenoxy) is 2. The third kappa shape index (κ3) is 19.6. The molecular weight excluding hydrogens is 607 g/mol. The van der Waals surface area contributed by atoms with E-state index in [0.717, 1.165) is 18.4 Å². The first kappa shape index (κ1) is 40.1. The summed E-state index contributed by atoms with van der Waals surface area (Å²) in [5.74, 6) is 0. The average Bonchev–Trinajstić information content (AvgIpc) is 3.06. The Hall–Kier alpha value is -2.07. The fourth-order valence-electron chi connectivity index (χ4n) is 5.12. The first-order valence-corrected chi connectivity index (χ1v) is 19.2. The number of aliphatic hydroxyl groups excluding tert-OH is 1. The highest BCUT2D eigenvalue weighted by molar-refractivity contribution is 7.53. The molecule has 2 rings (SSSR count). The van der Waals surface area contributed by atoms with Gasteiger partial charge in [0.25, 0.3) is 5.56 Å². The Kier molecular flexibility index (Phi) is 22.6. The van der Waals surface area contributed by atoms with Gasteiger partial charge in [0.1, 0.15) is 6.35 Å². The molecule has 0 amide bonds. The van der Waals surface area contributed by atoms with Crippen molar-refractivity contribution in [1.29, 1.82) is 0 Å². The van der Waals surface area contributed by atoms with Gasteiger partial charge in [-0.1, -0.05) is 134 Å². The van der Waals surface area contributed by atoms with Crippen LogP contribution in [0.25, 0.3) is 0 Å². The quantitative estimate of drug-likeness (QED) is 0.0645. The highest BCUT2D eigenvalue weighted by Gasteiger charge is 2.27. The van der Waals surface area contributed by atoms with Crippen molar-refractivity contribution < 1.29 is 28.2 Å². The Morgan fingerprint density at radius 1 is 0.761 bits per heavy atom. The molecule has 0 saturated heterocycles. The van der Waals surface area contributed by atoms with Gasteiger partial charge in [-0.25, -0.2) is 4.79 Å². The van der Waals surface area contributed by atoms with Gasteiger partial charge in [0, 0.05) is 18.9 Å². The minimum absolute atomic E-state index is 0.0484. The van der Waals surface area contributed by atoms with Crippen molar-refractivity contribution >= 4 is 7.60 Å². The van der Waals surface area contributed by atoms with Crippen LogP contribution in [0.15, 0.2) is 52.2 Å². The summed E-state index contributed by atoms with van der Waals surface area (Å²) >= 11 is 0. The largest absolute Gasteiger partial charge is 0.394 e. The van der Waals surface area contributed by atoms with Gasteiger partial charge in [-0.05, 0) is 12.0 Å². The maximum atomic E-state index is 13.5. The fourth-order valence-corrected chi connectivity index (χ4v) is 6.43. The molecule has 1 unspecified atom stereocenters. The van der Waals surface area contributed by atoms with Crippen LogP contribution in [0, 0.1) is 0 Å². The van der Waals surface area contributed by atoms with Crippen LogP contribution in [0.1, 0.15) is 115 Å². The third-order valence-corrected chi connectivity index (χ3v) is 9.46. The molecule has 0 radical (unpaired) electrons. The summed E-state index contributed by atoms with van der Waals surface area (Å²) in [5.41, 5.74) is -0.327.